The molecule has 0 aliphatic heterocycles. The molecular weight excluding hydrogens is 245 g/mol. The number of hydrogen-bond donors (Lipinski definition) is 0. The van der Waals surface area contributed by atoms with E-state index in [1.165, 1.54) is 0 Å². The van der Waals surface area contributed by atoms with Crippen LogP contribution >= 0.6 is 23.2 Å². The molecule has 0 fully saturated rings. The summed E-state index contributed by atoms with van der Waals surface area (Å²) in [6, 6.07) is 3.82. The lowest BCUT2D eigenvalue weighted by Gasteiger charge is -2.22. The number of rotatable bonds is 5. The molecule has 16 heavy (non-hydrogen) atoms. The van der Waals surface area contributed by atoms with E-state index in [9.17, 15) is 0 Å². The highest BCUT2D eigenvalue weighted by molar-refractivity contribution is 6.31. The largest absolute Gasteiger partial charge is 0.494 e. The van der Waals surface area contributed by atoms with Gasteiger partial charge in [0.25, 0.3) is 0 Å². The van der Waals surface area contributed by atoms with Crippen molar-refractivity contribution in [3.05, 3.63) is 22.7 Å². The fourth-order valence-corrected chi connectivity index (χ4v) is 2.07. The Labute approximate surface area is 107 Å². The minimum atomic E-state index is 0.659. The number of benzene rings is 1. The first kappa shape index (κ1) is 13.5. The van der Waals surface area contributed by atoms with Gasteiger partial charge in [-0.1, -0.05) is 11.6 Å². The molecule has 0 aromatic heterocycles. The van der Waals surface area contributed by atoms with Gasteiger partial charge in [0.2, 0.25) is 0 Å². The van der Waals surface area contributed by atoms with Crippen LogP contribution in [0.4, 0.5) is 5.69 Å². The summed E-state index contributed by atoms with van der Waals surface area (Å²) in [4.78, 5) is 2.11. The molecule has 0 radical (unpaired) electrons. The number of alkyl halides is 1. The molecule has 1 aromatic carbocycles. The van der Waals surface area contributed by atoms with Crippen molar-refractivity contribution >= 4 is 28.9 Å². The summed E-state index contributed by atoms with van der Waals surface area (Å²) in [5.41, 5.74) is 2.06. The zero-order valence-electron chi connectivity index (χ0n) is 9.89. The lowest BCUT2D eigenvalue weighted by atomic mass is 10.1. The van der Waals surface area contributed by atoms with Crippen molar-refractivity contribution in [2.75, 3.05) is 31.5 Å². The lowest BCUT2D eigenvalue weighted by molar-refractivity contribution is 0.412. The van der Waals surface area contributed by atoms with Gasteiger partial charge in [0.15, 0.2) is 0 Å². The average molecular weight is 262 g/mol. The van der Waals surface area contributed by atoms with Gasteiger partial charge in [-0.05, 0) is 31.0 Å². The van der Waals surface area contributed by atoms with Crippen LogP contribution in [-0.2, 0) is 0 Å². The van der Waals surface area contributed by atoms with Gasteiger partial charge < -0.3 is 9.64 Å². The Kier molecular flexibility index (Phi) is 5.23. The fraction of sp³-hybridized carbons (Fsp3) is 0.500. The molecule has 90 valence electrons. The first-order chi connectivity index (χ1) is 7.60. The Morgan fingerprint density at radius 1 is 1.38 bits per heavy atom. The molecule has 1 rings (SSSR count). The Bertz CT molecular complexity index is 355. The summed E-state index contributed by atoms with van der Waals surface area (Å²) in [6.45, 7) is 2.88. The molecule has 0 heterocycles. The van der Waals surface area contributed by atoms with Crippen LogP contribution in [0.5, 0.6) is 5.75 Å². The standard InChI is InChI=1S/C12H17Cl2NO/c1-9-7-10(14)8-11(12(9)16-3)15(2)6-4-5-13/h7-8H,4-6H2,1-3H3. The van der Waals surface area contributed by atoms with Gasteiger partial charge in [0, 0.05) is 24.5 Å². The highest BCUT2D eigenvalue weighted by Crippen LogP contribution is 2.34. The minimum Gasteiger partial charge on any atom is -0.494 e. The predicted molar refractivity (Wildman–Crippen MR) is 71.3 cm³/mol. The smallest absolute Gasteiger partial charge is 0.145 e. The van der Waals surface area contributed by atoms with E-state index in [0.717, 1.165) is 35.0 Å². The van der Waals surface area contributed by atoms with Crippen LogP contribution in [0.25, 0.3) is 0 Å². The van der Waals surface area contributed by atoms with Crippen molar-refractivity contribution < 1.29 is 4.74 Å². The average Bonchev–Trinajstić information content (AvgIpc) is 2.24. The molecule has 2 nitrogen and oxygen atoms in total. The number of methoxy groups -OCH3 is 1. The lowest BCUT2D eigenvalue weighted by Crippen LogP contribution is -2.19. The van der Waals surface area contributed by atoms with Gasteiger partial charge in [-0.25, -0.2) is 0 Å². The summed E-state index contributed by atoms with van der Waals surface area (Å²) >= 11 is 11.7. The highest BCUT2D eigenvalue weighted by atomic mass is 35.5. The Hall–Kier alpha value is -0.600. The maximum absolute atomic E-state index is 6.05. The van der Waals surface area contributed by atoms with E-state index < -0.39 is 0 Å². The molecular formula is C12H17Cl2NO. The van der Waals surface area contributed by atoms with E-state index in [-0.39, 0.29) is 0 Å². The van der Waals surface area contributed by atoms with Crippen molar-refractivity contribution in [2.45, 2.75) is 13.3 Å². The Balaban J connectivity index is 3.00. The molecule has 0 aliphatic rings. The summed E-state index contributed by atoms with van der Waals surface area (Å²) in [5.74, 6) is 1.54. The van der Waals surface area contributed by atoms with Gasteiger partial charge in [-0.15, -0.1) is 11.6 Å². The number of ether oxygens (including phenoxy) is 1. The number of anilines is 1. The van der Waals surface area contributed by atoms with Gasteiger partial charge >= 0.3 is 0 Å². The molecule has 1 aromatic rings. The van der Waals surface area contributed by atoms with Gasteiger partial charge in [0.1, 0.15) is 5.75 Å². The molecule has 0 spiro atoms. The Morgan fingerprint density at radius 3 is 2.62 bits per heavy atom. The van der Waals surface area contributed by atoms with E-state index in [4.69, 9.17) is 27.9 Å². The second-order valence-electron chi connectivity index (χ2n) is 3.74. The van der Waals surface area contributed by atoms with Crippen LogP contribution < -0.4 is 9.64 Å². The molecule has 0 amide bonds. The van der Waals surface area contributed by atoms with Crippen LogP contribution in [-0.4, -0.2) is 26.6 Å². The van der Waals surface area contributed by atoms with Crippen LogP contribution in [0.1, 0.15) is 12.0 Å². The summed E-state index contributed by atoms with van der Waals surface area (Å²) in [7, 11) is 3.69. The maximum Gasteiger partial charge on any atom is 0.145 e. The second-order valence-corrected chi connectivity index (χ2v) is 4.55. The third-order valence-electron chi connectivity index (χ3n) is 2.46. The molecule has 0 saturated heterocycles. The van der Waals surface area contributed by atoms with E-state index in [0.29, 0.717) is 5.88 Å². The van der Waals surface area contributed by atoms with E-state index in [1.54, 1.807) is 7.11 Å². The summed E-state index contributed by atoms with van der Waals surface area (Å²) in [5, 5.41) is 0.728. The first-order valence-corrected chi connectivity index (χ1v) is 6.12. The van der Waals surface area contributed by atoms with Crippen LogP contribution in [0.2, 0.25) is 5.02 Å². The second kappa shape index (κ2) is 6.21. The van der Waals surface area contributed by atoms with Crippen molar-refractivity contribution in [2.24, 2.45) is 0 Å². The zero-order chi connectivity index (χ0) is 12.1. The van der Waals surface area contributed by atoms with Crippen molar-refractivity contribution in [3.8, 4) is 5.75 Å². The van der Waals surface area contributed by atoms with Crippen LogP contribution in [0, 0.1) is 6.92 Å². The van der Waals surface area contributed by atoms with E-state index in [2.05, 4.69) is 4.90 Å². The predicted octanol–water partition coefficient (Wildman–Crippen LogP) is 3.72. The fourth-order valence-electron chi connectivity index (χ4n) is 1.68. The topological polar surface area (TPSA) is 12.5 Å². The van der Waals surface area contributed by atoms with E-state index in [1.807, 2.05) is 26.1 Å². The first-order valence-electron chi connectivity index (χ1n) is 5.21. The molecule has 0 saturated carbocycles. The number of aryl methyl sites for hydroxylation is 1. The molecule has 0 bridgehead atoms. The van der Waals surface area contributed by atoms with Gasteiger partial charge in [-0.3, -0.25) is 0 Å². The molecule has 0 atom stereocenters. The van der Waals surface area contributed by atoms with Gasteiger partial charge in [0.05, 0.1) is 12.8 Å². The van der Waals surface area contributed by atoms with E-state index >= 15 is 0 Å². The van der Waals surface area contributed by atoms with Crippen LogP contribution in [0.3, 0.4) is 0 Å². The number of nitrogens with zero attached hydrogens (tertiary/aromatic N) is 1. The normalized spacial score (nSPS) is 10.3. The van der Waals surface area contributed by atoms with Crippen LogP contribution in [0.15, 0.2) is 12.1 Å². The van der Waals surface area contributed by atoms with Crippen molar-refractivity contribution in [3.63, 3.8) is 0 Å². The quantitative estimate of drug-likeness (QED) is 0.750. The molecule has 0 unspecified atom stereocenters. The highest BCUT2D eigenvalue weighted by Gasteiger charge is 2.11. The molecule has 0 aliphatic carbocycles. The van der Waals surface area contributed by atoms with Crippen molar-refractivity contribution in [1.29, 1.82) is 0 Å². The molecule has 4 heteroatoms. The number of halogens is 2. The monoisotopic (exact) mass is 261 g/mol. The molecule has 0 N–H and O–H groups in total. The number of hydrogen-bond acceptors (Lipinski definition) is 2. The summed E-state index contributed by atoms with van der Waals surface area (Å²) < 4.78 is 5.40. The SMILES string of the molecule is COc1c(C)cc(Cl)cc1N(C)CCCCl. The van der Waals surface area contributed by atoms with Crippen molar-refractivity contribution in [1.82, 2.24) is 0 Å². The third-order valence-corrected chi connectivity index (χ3v) is 2.95. The Morgan fingerprint density at radius 2 is 2.06 bits per heavy atom. The maximum atomic E-state index is 6.05. The zero-order valence-corrected chi connectivity index (χ0v) is 11.4. The summed E-state index contributed by atoms with van der Waals surface area (Å²) in [6.07, 6.45) is 0.937. The third kappa shape index (κ3) is 3.19. The minimum absolute atomic E-state index is 0.659. The van der Waals surface area contributed by atoms with Gasteiger partial charge in [-0.2, -0.15) is 0 Å².